The molecule has 0 bridgehead atoms. The lowest BCUT2D eigenvalue weighted by atomic mass is 10.1. The highest BCUT2D eigenvalue weighted by Crippen LogP contribution is 2.01. The molecule has 0 heterocycles. The van der Waals surface area contributed by atoms with Gasteiger partial charge in [0.1, 0.15) is 0 Å². The molecule has 0 aliphatic heterocycles. The second-order valence-electron chi connectivity index (χ2n) is 3.31. The lowest BCUT2D eigenvalue weighted by molar-refractivity contribution is 0.156. The van der Waals surface area contributed by atoms with Crippen molar-refractivity contribution < 1.29 is 4.74 Å². The minimum absolute atomic E-state index is 0.288. The van der Waals surface area contributed by atoms with Gasteiger partial charge < -0.3 is 15.4 Å². The molecular formula is C9H20N2OS. The van der Waals surface area contributed by atoms with Gasteiger partial charge in [-0.2, -0.15) is 0 Å². The molecule has 13 heavy (non-hydrogen) atoms. The zero-order valence-electron chi connectivity index (χ0n) is 8.89. The van der Waals surface area contributed by atoms with Crippen molar-refractivity contribution in [1.82, 2.24) is 10.6 Å². The molecule has 3 nitrogen and oxygen atoms in total. The van der Waals surface area contributed by atoms with E-state index in [0.717, 1.165) is 6.54 Å². The van der Waals surface area contributed by atoms with Crippen LogP contribution in [-0.2, 0) is 4.74 Å². The van der Waals surface area contributed by atoms with E-state index in [4.69, 9.17) is 17.0 Å². The molecule has 0 aliphatic rings. The minimum atomic E-state index is 0.288. The van der Waals surface area contributed by atoms with Gasteiger partial charge in [0, 0.05) is 13.7 Å². The van der Waals surface area contributed by atoms with E-state index in [1.807, 2.05) is 6.92 Å². The summed E-state index contributed by atoms with van der Waals surface area (Å²) in [5, 5.41) is 6.97. The Morgan fingerprint density at radius 3 is 2.46 bits per heavy atom. The first kappa shape index (κ1) is 12.7. The van der Waals surface area contributed by atoms with Gasteiger partial charge in [-0.1, -0.05) is 13.8 Å². The van der Waals surface area contributed by atoms with Crippen molar-refractivity contribution >= 4 is 17.3 Å². The molecule has 0 aromatic rings. The molecule has 0 rings (SSSR count). The van der Waals surface area contributed by atoms with Crippen LogP contribution in [0.2, 0.25) is 0 Å². The molecular weight excluding hydrogens is 184 g/mol. The topological polar surface area (TPSA) is 33.3 Å². The van der Waals surface area contributed by atoms with Gasteiger partial charge in [-0.15, -0.1) is 0 Å². The Balaban J connectivity index is 3.86. The van der Waals surface area contributed by atoms with E-state index in [0.29, 0.717) is 17.6 Å². The Hall–Kier alpha value is -0.350. The van der Waals surface area contributed by atoms with E-state index in [-0.39, 0.29) is 6.04 Å². The largest absolute Gasteiger partial charge is 0.383 e. The maximum atomic E-state index is 5.09. The molecule has 4 heteroatoms. The van der Waals surface area contributed by atoms with Crippen molar-refractivity contribution in [3.05, 3.63) is 0 Å². The summed E-state index contributed by atoms with van der Waals surface area (Å²) in [5.74, 6) is 0.511. The number of thiocarbonyl (C=S) groups is 1. The molecule has 0 saturated heterocycles. The first-order chi connectivity index (χ1) is 6.11. The van der Waals surface area contributed by atoms with Crippen molar-refractivity contribution in [1.29, 1.82) is 0 Å². The predicted octanol–water partition coefficient (Wildman–Crippen LogP) is 1.14. The summed E-state index contributed by atoms with van der Waals surface area (Å²) >= 11 is 5.09. The Labute approximate surface area is 86.2 Å². The van der Waals surface area contributed by atoms with E-state index < -0.39 is 0 Å². The van der Waals surface area contributed by atoms with E-state index in [1.165, 1.54) is 0 Å². The van der Waals surface area contributed by atoms with Gasteiger partial charge in [0.15, 0.2) is 5.11 Å². The van der Waals surface area contributed by atoms with Crippen molar-refractivity contribution in [2.24, 2.45) is 5.92 Å². The summed E-state index contributed by atoms with van der Waals surface area (Å²) in [6, 6.07) is 0.288. The minimum Gasteiger partial charge on any atom is -0.383 e. The number of nitrogens with one attached hydrogen (secondary N) is 2. The second-order valence-corrected chi connectivity index (χ2v) is 3.72. The highest BCUT2D eigenvalue weighted by molar-refractivity contribution is 7.80. The average Bonchev–Trinajstić information content (AvgIpc) is 2.04. The molecule has 0 aromatic carbocycles. The van der Waals surface area contributed by atoms with Crippen LogP contribution in [0.25, 0.3) is 0 Å². The Morgan fingerprint density at radius 2 is 2.08 bits per heavy atom. The fraction of sp³-hybridized carbons (Fsp3) is 0.889. The summed E-state index contributed by atoms with van der Waals surface area (Å²) in [7, 11) is 1.70. The molecule has 0 aliphatic carbocycles. The van der Waals surface area contributed by atoms with Crippen LogP contribution in [0.4, 0.5) is 0 Å². The van der Waals surface area contributed by atoms with E-state index >= 15 is 0 Å². The summed E-state index contributed by atoms with van der Waals surface area (Å²) < 4.78 is 5.09. The van der Waals surface area contributed by atoms with Crippen LogP contribution in [0.1, 0.15) is 20.8 Å². The van der Waals surface area contributed by atoms with Crippen LogP contribution < -0.4 is 10.6 Å². The zero-order valence-corrected chi connectivity index (χ0v) is 9.70. The third-order valence-corrected chi connectivity index (χ3v) is 2.07. The van der Waals surface area contributed by atoms with Crippen LogP contribution in [0.3, 0.4) is 0 Å². The molecule has 2 N–H and O–H groups in total. The third kappa shape index (κ3) is 5.82. The average molecular weight is 204 g/mol. The van der Waals surface area contributed by atoms with Crippen LogP contribution in [0, 0.1) is 5.92 Å². The van der Waals surface area contributed by atoms with E-state index in [1.54, 1.807) is 7.11 Å². The normalized spacial score (nSPS) is 12.7. The second kappa shape index (κ2) is 7.09. The molecule has 1 atom stereocenters. The lowest BCUT2D eigenvalue weighted by Crippen LogP contribution is -2.46. The molecule has 0 spiro atoms. The first-order valence-corrected chi connectivity index (χ1v) is 5.05. The Morgan fingerprint density at radius 1 is 1.46 bits per heavy atom. The highest BCUT2D eigenvalue weighted by Gasteiger charge is 2.13. The maximum Gasteiger partial charge on any atom is 0.166 e. The Kier molecular flexibility index (Phi) is 6.90. The number of hydrogen-bond acceptors (Lipinski definition) is 2. The lowest BCUT2D eigenvalue weighted by Gasteiger charge is -2.23. The van der Waals surface area contributed by atoms with Gasteiger partial charge in [-0.25, -0.2) is 0 Å². The summed E-state index contributed by atoms with van der Waals surface area (Å²) in [6.07, 6.45) is 0. The van der Waals surface area contributed by atoms with Crippen LogP contribution >= 0.6 is 12.2 Å². The molecule has 0 aromatic heterocycles. The molecule has 0 fully saturated rings. The summed E-state index contributed by atoms with van der Waals surface area (Å²) in [5.41, 5.74) is 0. The molecule has 1 unspecified atom stereocenters. The first-order valence-electron chi connectivity index (χ1n) is 4.65. The maximum absolute atomic E-state index is 5.09. The van der Waals surface area contributed by atoms with Gasteiger partial charge in [0.25, 0.3) is 0 Å². The van der Waals surface area contributed by atoms with Crippen molar-refractivity contribution in [2.45, 2.75) is 26.8 Å². The summed E-state index contributed by atoms with van der Waals surface area (Å²) in [6.45, 7) is 7.85. The molecule has 0 saturated carbocycles. The standard InChI is InChI=1S/C9H20N2OS/c1-5-10-9(13)11-8(6-12-4)7(2)3/h7-8H,5-6H2,1-4H3,(H2,10,11,13). The van der Waals surface area contributed by atoms with Crippen LogP contribution in [-0.4, -0.2) is 31.4 Å². The van der Waals surface area contributed by atoms with Gasteiger partial charge >= 0.3 is 0 Å². The fourth-order valence-corrected chi connectivity index (χ4v) is 1.26. The number of ether oxygens (including phenoxy) is 1. The summed E-state index contributed by atoms with van der Waals surface area (Å²) in [4.78, 5) is 0. The van der Waals surface area contributed by atoms with Crippen LogP contribution in [0.5, 0.6) is 0 Å². The number of methoxy groups -OCH3 is 1. The van der Waals surface area contributed by atoms with Gasteiger partial charge in [0.05, 0.1) is 12.6 Å². The molecule has 78 valence electrons. The highest BCUT2D eigenvalue weighted by atomic mass is 32.1. The third-order valence-electron chi connectivity index (χ3n) is 1.80. The SMILES string of the molecule is CCNC(=S)NC(COC)C(C)C. The van der Waals surface area contributed by atoms with Gasteiger partial charge in [-0.05, 0) is 25.1 Å². The molecule has 0 amide bonds. The number of rotatable bonds is 5. The van der Waals surface area contributed by atoms with Crippen molar-refractivity contribution in [3.8, 4) is 0 Å². The van der Waals surface area contributed by atoms with E-state index in [2.05, 4.69) is 24.5 Å². The Bertz CT molecular complexity index is 151. The molecule has 0 radical (unpaired) electrons. The quantitative estimate of drug-likeness (QED) is 0.658. The van der Waals surface area contributed by atoms with Crippen molar-refractivity contribution in [2.75, 3.05) is 20.3 Å². The van der Waals surface area contributed by atoms with Crippen molar-refractivity contribution in [3.63, 3.8) is 0 Å². The zero-order chi connectivity index (χ0) is 10.3. The predicted molar refractivity (Wildman–Crippen MR) is 59.9 cm³/mol. The fourth-order valence-electron chi connectivity index (χ4n) is 0.960. The number of hydrogen-bond donors (Lipinski definition) is 2. The smallest absolute Gasteiger partial charge is 0.166 e. The van der Waals surface area contributed by atoms with E-state index in [9.17, 15) is 0 Å². The van der Waals surface area contributed by atoms with Gasteiger partial charge in [0.2, 0.25) is 0 Å². The monoisotopic (exact) mass is 204 g/mol. The van der Waals surface area contributed by atoms with Crippen LogP contribution in [0.15, 0.2) is 0 Å². The van der Waals surface area contributed by atoms with Gasteiger partial charge in [-0.3, -0.25) is 0 Å².